The Bertz CT molecular complexity index is 628. The van der Waals surface area contributed by atoms with Gasteiger partial charge in [0.15, 0.2) is 0 Å². The van der Waals surface area contributed by atoms with E-state index in [0.29, 0.717) is 21.1 Å². The van der Waals surface area contributed by atoms with Gasteiger partial charge in [-0.2, -0.15) is 0 Å². The zero-order valence-electron chi connectivity index (χ0n) is 10.2. The quantitative estimate of drug-likeness (QED) is 0.838. The van der Waals surface area contributed by atoms with E-state index in [0.717, 1.165) is 17.0 Å². The normalized spacial score (nSPS) is 10.7. The molecular weight excluding hydrogens is 348 g/mol. The van der Waals surface area contributed by atoms with Crippen molar-refractivity contribution in [3.8, 4) is 0 Å². The van der Waals surface area contributed by atoms with Gasteiger partial charge < -0.3 is 4.98 Å². The first-order valence-electron chi connectivity index (χ1n) is 5.76. The van der Waals surface area contributed by atoms with E-state index >= 15 is 0 Å². The Morgan fingerprint density at radius 3 is 2.68 bits per heavy atom. The molecule has 1 aromatic heterocycles. The van der Waals surface area contributed by atoms with Crippen LogP contribution in [0.15, 0.2) is 38.4 Å². The highest BCUT2D eigenvalue weighted by Gasteiger charge is 2.07. The summed E-state index contributed by atoms with van der Waals surface area (Å²) >= 11 is 10.7. The van der Waals surface area contributed by atoms with Crippen molar-refractivity contribution in [1.29, 1.82) is 0 Å². The molecule has 0 aliphatic carbocycles. The lowest BCUT2D eigenvalue weighted by atomic mass is 10.3. The number of aryl methyl sites for hydroxylation is 1. The third-order valence-electron chi connectivity index (χ3n) is 2.50. The monoisotopic (exact) mass is 358 g/mol. The van der Waals surface area contributed by atoms with Crippen molar-refractivity contribution in [3.05, 3.63) is 55.6 Å². The summed E-state index contributed by atoms with van der Waals surface area (Å²) in [5.41, 5.74) is 0.661. The van der Waals surface area contributed by atoms with E-state index < -0.39 is 0 Å². The molecular formula is C13H12BrClN2OS. The average molecular weight is 360 g/mol. The average Bonchev–Trinajstić information content (AvgIpc) is 2.41. The third-order valence-corrected chi connectivity index (χ3v) is 4.60. The van der Waals surface area contributed by atoms with Crippen molar-refractivity contribution in [1.82, 2.24) is 9.97 Å². The Balaban J connectivity index is 2.13. The van der Waals surface area contributed by atoms with Crippen LogP contribution >= 0.6 is 39.3 Å². The van der Waals surface area contributed by atoms with E-state index in [1.807, 2.05) is 31.2 Å². The van der Waals surface area contributed by atoms with Crippen molar-refractivity contribution in [2.24, 2.45) is 0 Å². The maximum atomic E-state index is 11.7. The molecule has 0 bridgehead atoms. The van der Waals surface area contributed by atoms with Crippen LogP contribution in [0.1, 0.15) is 18.4 Å². The molecule has 0 radical (unpaired) electrons. The van der Waals surface area contributed by atoms with Gasteiger partial charge in [0.1, 0.15) is 10.3 Å². The Morgan fingerprint density at radius 2 is 2.05 bits per heavy atom. The number of thioether (sulfide) groups is 1. The number of aromatic amines is 1. The molecule has 0 aliphatic rings. The van der Waals surface area contributed by atoms with Crippen molar-refractivity contribution in [3.63, 3.8) is 0 Å². The van der Waals surface area contributed by atoms with Gasteiger partial charge in [-0.1, -0.05) is 18.5 Å². The van der Waals surface area contributed by atoms with E-state index in [-0.39, 0.29) is 5.56 Å². The van der Waals surface area contributed by atoms with E-state index in [1.54, 1.807) is 11.8 Å². The molecule has 0 saturated carbocycles. The molecule has 0 spiro atoms. The Kier molecular flexibility index (Phi) is 5.07. The second-order valence-electron chi connectivity index (χ2n) is 3.87. The molecule has 6 heteroatoms. The Hall–Kier alpha value is -0.780. The minimum Gasteiger partial charge on any atom is -0.309 e. The molecule has 0 amide bonds. The zero-order chi connectivity index (χ0) is 13.8. The summed E-state index contributed by atoms with van der Waals surface area (Å²) in [6.07, 6.45) is 0.725. The van der Waals surface area contributed by atoms with Crippen LogP contribution in [0.4, 0.5) is 0 Å². The molecule has 1 heterocycles. The first-order chi connectivity index (χ1) is 9.10. The van der Waals surface area contributed by atoms with Crippen LogP contribution in [-0.4, -0.2) is 9.97 Å². The molecule has 0 saturated heterocycles. The van der Waals surface area contributed by atoms with Gasteiger partial charge in [0.05, 0.1) is 11.4 Å². The van der Waals surface area contributed by atoms with Crippen LogP contribution in [0.3, 0.4) is 0 Å². The molecule has 0 atom stereocenters. The highest BCUT2D eigenvalue weighted by molar-refractivity contribution is 9.10. The van der Waals surface area contributed by atoms with E-state index in [2.05, 4.69) is 25.9 Å². The zero-order valence-corrected chi connectivity index (χ0v) is 13.4. The number of H-pyrrole nitrogens is 1. The van der Waals surface area contributed by atoms with Gasteiger partial charge >= 0.3 is 0 Å². The molecule has 1 aromatic carbocycles. The SMILES string of the molecule is CCc1nc(CSc2ccc(Cl)cc2)[nH]c(=O)c1Br. The summed E-state index contributed by atoms with van der Waals surface area (Å²) in [6.45, 7) is 1.97. The number of halogens is 2. The van der Waals surface area contributed by atoms with Crippen LogP contribution in [0, 0.1) is 0 Å². The van der Waals surface area contributed by atoms with Gasteiger partial charge in [-0.05, 0) is 46.6 Å². The molecule has 0 fully saturated rings. The minimum atomic E-state index is -0.126. The van der Waals surface area contributed by atoms with Gasteiger partial charge in [-0.3, -0.25) is 4.79 Å². The van der Waals surface area contributed by atoms with Crippen molar-refractivity contribution >= 4 is 39.3 Å². The van der Waals surface area contributed by atoms with Crippen LogP contribution < -0.4 is 5.56 Å². The molecule has 3 nitrogen and oxygen atoms in total. The van der Waals surface area contributed by atoms with Gasteiger partial charge in [0.2, 0.25) is 0 Å². The summed E-state index contributed by atoms with van der Waals surface area (Å²) in [5.74, 6) is 1.31. The minimum absolute atomic E-state index is 0.126. The molecule has 1 N–H and O–H groups in total. The fourth-order valence-electron chi connectivity index (χ4n) is 1.54. The predicted octanol–water partition coefficient (Wildman–Crippen LogP) is 4.04. The van der Waals surface area contributed by atoms with E-state index in [1.165, 1.54) is 0 Å². The van der Waals surface area contributed by atoms with E-state index in [4.69, 9.17) is 11.6 Å². The second-order valence-corrected chi connectivity index (χ2v) is 6.15. The Morgan fingerprint density at radius 1 is 1.37 bits per heavy atom. The number of rotatable bonds is 4. The predicted molar refractivity (Wildman–Crippen MR) is 82.9 cm³/mol. The van der Waals surface area contributed by atoms with Crippen LogP contribution in [0.5, 0.6) is 0 Å². The third kappa shape index (κ3) is 3.84. The summed E-state index contributed by atoms with van der Waals surface area (Å²) < 4.78 is 0.523. The Labute approximate surface area is 128 Å². The van der Waals surface area contributed by atoms with Gasteiger partial charge in [-0.15, -0.1) is 11.8 Å². The lowest BCUT2D eigenvalue weighted by Gasteiger charge is -2.05. The van der Waals surface area contributed by atoms with Crippen molar-refractivity contribution in [2.45, 2.75) is 24.0 Å². The fraction of sp³-hybridized carbons (Fsp3) is 0.231. The van der Waals surface area contributed by atoms with Crippen molar-refractivity contribution < 1.29 is 0 Å². The number of hydrogen-bond donors (Lipinski definition) is 1. The molecule has 100 valence electrons. The molecule has 19 heavy (non-hydrogen) atoms. The first kappa shape index (κ1) is 14.6. The molecule has 2 aromatic rings. The topological polar surface area (TPSA) is 45.8 Å². The van der Waals surface area contributed by atoms with E-state index in [9.17, 15) is 4.79 Å². The molecule has 0 unspecified atom stereocenters. The highest BCUT2D eigenvalue weighted by atomic mass is 79.9. The van der Waals surface area contributed by atoms with Crippen LogP contribution in [-0.2, 0) is 12.2 Å². The van der Waals surface area contributed by atoms with Gasteiger partial charge in [0, 0.05) is 9.92 Å². The maximum Gasteiger partial charge on any atom is 0.265 e. The van der Waals surface area contributed by atoms with Crippen LogP contribution in [0.2, 0.25) is 5.02 Å². The lowest BCUT2D eigenvalue weighted by molar-refractivity contribution is 0.906. The van der Waals surface area contributed by atoms with Gasteiger partial charge in [-0.25, -0.2) is 4.98 Å². The maximum absolute atomic E-state index is 11.7. The molecule has 0 aliphatic heterocycles. The number of aromatic nitrogens is 2. The number of nitrogens with one attached hydrogen (secondary N) is 1. The number of benzene rings is 1. The highest BCUT2D eigenvalue weighted by Crippen LogP contribution is 2.23. The first-order valence-corrected chi connectivity index (χ1v) is 7.91. The number of nitrogens with zero attached hydrogens (tertiary/aromatic N) is 1. The smallest absolute Gasteiger partial charge is 0.265 e. The molecule has 2 rings (SSSR count). The summed E-state index contributed by atoms with van der Waals surface area (Å²) in [4.78, 5) is 20.0. The summed E-state index contributed by atoms with van der Waals surface area (Å²) in [7, 11) is 0. The lowest BCUT2D eigenvalue weighted by Crippen LogP contribution is -2.14. The van der Waals surface area contributed by atoms with Crippen molar-refractivity contribution in [2.75, 3.05) is 0 Å². The second kappa shape index (κ2) is 6.59. The summed E-state index contributed by atoms with van der Waals surface area (Å²) in [5, 5.41) is 0.716. The summed E-state index contributed by atoms with van der Waals surface area (Å²) in [6, 6.07) is 7.59. The van der Waals surface area contributed by atoms with Crippen LogP contribution in [0.25, 0.3) is 0 Å². The fourth-order valence-corrected chi connectivity index (χ4v) is 2.90. The largest absolute Gasteiger partial charge is 0.309 e. The van der Waals surface area contributed by atoms with Gasteiger partial charge in [0.25, 0.3) is 5.56 Å². The standard InChI is InChI=1S/C13H12BrClN2OS/c1-2-10-12(14)13(18)17-11(16-10)7-19-9-5-3-8(15)4-6-9/h3-6H,2,7H2,1H3,(H,16,17,18). The number of hydrogen-bond acceptors (Lipinski definition) is 3.